The zero-order valence-electron chi connectivity index (χ0n) is 13.4. The molecule has 2 aliphatic rings. The van der Waals surface area contributed by atoms with Gasteiger partial charge >= 0.3 is 0 Å². The molecule has 0 saturated carbocycles. The average Bonchev–Trinajstić information content (AvgIpc) is 2.76. The van der Waals surface area contributed by atoms with Crippen LogP contribution in [0.4, 0.5) is 0 Å². The maximum Gasteiger partial charge on any atom is 0.238 e. The quantitative estimate of drug-likeness (QED) is 0.650. The van der Waals surface area contributed by atoms with E-state index < -0.39 is 11.4 Å². The molecule has 124 valence electrons. The first-order valence-corrected chi connectivity index (χ1v) is 8.80. The molecule has 0 amide bonds. The lowest BCUT2D eigenvalue weighted by atomic mass is 9.79. The number of ether oxygens (including phenoxy) is 2. The molecule has 0 spiro atoms. The summed E-state index contributed by atoms with van der Waals surface area (Å²) in [4.78, 5) is 0. The molecule has 2 nitrogen and oxygen atoms in total. The van der Waals surface area contributed by atoms with Gasteiger partial charge in [-0.05, 0) is 42.2 Å². The molecule has 2 aromatic rings. The van der Waals surface area contributed by atoms with Crippen molar-refractivity contribution < 1.29 is 9.47 Å². The Hall–Kier alpha value is -1.48. The standard InChI is InChI=1S/C20H18Cl2O2/c1-13-11-19(15-3-7-17(21)8-4-15)14(2)23-20(12-13,24-19)16-5-9-18(22)10-6-16/h3-10,13H,2,11-12H2,1H3. The summed E-state index contributed by atoms with van der Waals surface area (Å²) >= 11 is 12.1. The normalized spacial score (nSPS) is 31.8. The Bertz CT molecular complexity index is 784. The maximum atomic E-state index is 6.60. The third kappa shape index (κ3) is 2.36. The van der Waals surface area contributed by atoms with Gasteiger partial charge < -0.3 is 9.47 Å². The number of hydrogen-bond acceptors (Lipinski definition) is 2. The van der Waals surface area contributed by atoms with Crippen LogP contribution in [0, 0.1) is 5.92 Å². The van der Waals surface area contributed by atoms with Gasteiger partial charge in [0.2, 0.25) is 5.79 Å². The van der Waals surface area contributed by atoms with Gasteiger partial charge in [0.25, 0.3) is 0 Å². The van der Waals surface area contributed by atoms with Gasteiger partial charge in [-0.1, -0.05) is 61.0 Å². The molecule has 4 rings (SSSR count). The monoisotopic (exact) mass is 360 g/mol. The van der Waals surface area contributed by atoms with Crippen LogP contribution in [0.15, 0.2) is 60.9 Å². The molecular weight excluding hydrogens is 343 g/mol. The number of rotatable bonds is 2. The van der Waals surface area contributed by atoms with Gasteiger partial charge in [0, 0.05) is 22.0 Å². The fourth-order valence-electron chi connectivity index (χ4n) is 3.90. The summed E-state index contributed by atoms with van der Waals surface area (Å²) in [7, 11) is 0. The highest BCUT2D eigenvalue weighted by atomic mass is 35.5. The van der Waals surface area contributed by atoms with Crippen LogP contribution in [0.3, 0.4) is 0 Å². The van der Waals surface area contributed by atoms with Crippen molar-refractivity contribution in [3.05, 3.63) is 82.0 Å². The lowest BCUT2D eigenvalue weighted by Crippen LogP contribution is -2.40. The molecule has 2 aromatic carbocycles. The molecule has 2 bridgehead atoms. The number of halogens is 2. The summed E-state index contributed by atoms with van der Waals surface area (Å²) in [5, 5.41) is 1.40. The Labute approximate surface area is 152 Å². The van der Waals surface area contributed by atoms with Crippen LogP contribution in [0.2, 0.25) is 10.0 Å². The summed E-state index contributed by atoms with van der Waals surface area (Å²) in [6.07, 6.45) is 1.62. The highest BCUT2D eigenvalue weighted by molar-refractivity contribution is 6.30. The van der Waals surface area contributed by atoms with Crippen molar-refractivity contribution >= 4 is 23.2 Å². The zero-order chi connectivity index (χ0) is 16.9. The van der Waals surface area contributed by atoms with Gasteiger partial charge in [0.15, 0.2) is 5.60 Å². The number of benzene rings is 2. The smallest absolute Gasteiger partial charge is 0.238 e. The zero-order valence-corrected chi connectivity index (χ0v) is 14.9. The van der Waals surface area contributed by atoms with Crippen molar-refractivity contribution in [1.82, 2.24) is 0 Å². The van der Waals surface area contributed by atoms with E-state index in [-0.39, 0.29) is 0 Å². The molecule has 2 aliphatic heterocycles. The first-order chi connectivity index (χ1) is 11.4. The molecule has 2 heterocycles. The maximum absolute atomic E-state index is 6.60. The summed E-state index contributed by atoms with van der Waals surface area (Å²) < 4.78 is 12.9. The molecule has 2 saturated heterocycles. The molecule has 24 heavy (non-hydrogen) atoms. The van der Waals surface area contributed by atoms with E-state index in [1.54, 1.807) is 0 Å². The number of hydrogen-bond donors (Lipinski definition) is 0. The summed E-state index contributed by atoms with van der Waals surface area (Å²) in [6, 6.07) is 15.4. The Morgan fingerprint density at radius 2 is 1.46 bits per heavy atom. The van der Waals surface area contributed by atoms with Crippen LogP contribution < -0.4 is 0 Å². The van der Waals surface area contributed by atoms with E-state index >= 15 is 0 Å². The van der Waals surface area contributed by atoms with Crippen LogP contribution in [0.25, 0.3) is 0 Å². The molecule has 4 heteroatoms. The largest absolute Gasteiger partial charge is 0.459 e. The third-order valence-corrected chi connectivity index (χ3v) is 5.43. The molecule has 0 N–H and O–H groups in total. The minimum atomic E-state index is -0.807. The predicted molar refractivity (Wildman–Crippen MR) is 96.0 cm³/mol. The van der Waals surface area contributed by atoms with Gasteiger partial charge in [-0.15, -0.1) is 0 Å². The summed E-state index contributed by atoms with van der Waals surface area (Å²) in [6.45, 7) is 6.41. The van der Waals surface area contributed by atoms with E-state index in [1.807, 2.05) is 48.5 Å². The summed E-state index contributed by atoms with van der Waals surface area (Å²) in [5.41, 5.74) is 1.36. The van der Waals surface area contributed by atoms with Gasteiger partial charge in [0.05, 0.1) is 0 Å². The Morgan fingerprint density at radius 1 is 0.917 bits per heavy atom. The SMILES string of the molecule is C=C1OC2(c3ccc(Cl)cc3)CC(C)CC1(c1ccc(Cl)cc1)O2. The highest BCUT2D eigenvalue weighted by Crippen LogP contribution is 2.59. The average molecular weight is 361 g/mol. The van der Waals surface area contributed by atoms with Crippen molar-refractivity contribution in [1.29, 1.82) is 0 Å². The van der Waals surface area contributed by atoms with E-state index in [2.05, 4.69) is 13.5 Å². The second-order valence-corrected chi connectivity index (χ2v) is 7.61. The van der Waals surface area contributed by atoms with Crippen LogP contribution in [-0.4, -0.2) is 0 Å². The first-order valence-electron chi connectivity index (χ1n) is 8.04. The third-order valence-electron chi connectivity index (χ3n) is 4.93. The van der Waals surface area contributed by atoms with Crippen molar-refractivity contribution in [2.75, 3.05) is 0 Å². The fourth-order valence-corrected chi connectivity index (χ4v) is 4.15. The molecule has 3 unspecified atom stereocenters. The minimum Gasteiger partial charge on any atom is -0.459 e. The molecule has 3 atom stereocenters. The minimum absolute atomic E-state index is 0.421. The van der Waals surface area contributed by atoms with E-state index in [1.165, 1.54) is 0 Å². The number of fused-ring (bicyclic) bond motifs is 2. The Morgan fingerprint density at radius 3 is 2.04 bits per heavy atom. The Balaban J connectivity index is 1.81. The van der Waals surface area contributed by atoms with E-state index in [0.29, 0.717) is 21.7 Å². The second-order valence-electron chi connectivity index (χ2n) is 6.73. The van der Waals surface area contributed by atoms with E-state index in [4.69, 9.17) is 32.7 Å². The van der Waals surface area contributed by atoms with Crippen LogP contribution in [-0.2, 0) is 20.9 Å². The summed E-state index contributed by atoms with van der Waals surface area (Å²) in [5.74, 6) is 0.271. The molecule has 0 radical (unpaired) electrons. The van der Waals surface area contributed by atoms with Crippen LogP contribution >= 0.6 is 23.2 Å². The Kier molecular flexibility index (Phi) is 3.68. The first kappa shape index (κ1) is 16.0. The predicted octanol–water partition coefficient (Wildman–Crippen LogP) is 6.03. The highest BCUT2D eigenvalue weighted by Gasteiger charge is 2.60. The van der Waals surface area contributed by atoms with E-state index in [9.17, 15) is 0 Å². The van der Waals surface area contributed by atoms with Gasteiger partial charge in [-0.3, -0.25) is 0 Å². The molecule has 2 fully saturated rings. The topological polar surface area (TPSA) is 18.5 Å². The molecule has 0 aromatic heterocycles. The van der Waals surface area contributed by atoms with Crippen LogP contribution in [0.5, 0.6) is 0 Å². The van der Waals surface area contributed by atoms with Gasteiger partial charge in [-0.2, -0.15) is 0 Å². The van der Waals surface area contributed by atoms with Crippen molar-refractivity contribution in [3.63, 3.8) is 0 Å². The van der Waals surface area contributed by atoms with Gasteiger partial charge in [-0.25, -0.2) is 0 Å². The lowest BCUT2D eigenvalue weighted by Gasteiger charge is -2.40. The van der Waals surface area contributed by atoms with Crippen molar-refractivity contribution in [2.45, 2.75) is 31.2 Å². The van der Waals surface area contributed by atoms with E-state index in [0.717, 1.165) is 24.0 Å². The van der Waals surface area contributed by atoms with Crippen molar-refractivity contribution in [3.8, 4) is 0 Å². The lowest BCUT2D eigenvalue weighted by molar-refractivity contribution is -0.234. The second kappa shape index (κ2) is 5.52. The fraction of sp³-hybridized carbons (Fsp3) is 0.300. The molecule has 0 aliphatic carbocycles. The van der Waals surface area contributed by atoms with Crippen LogP contribution in [0.1, 0.15) is 30.9 Å². The van der Waals surface area contributed by atoms with Gasteiger partial charge in [0.1, 0.15) is 5.76 Å². The molecular formula is C20H18Cl2O2. The van der Waals surface area contributed by atoms with Crippen molar-refractivity contribution in [2.24, 2.45) is 5.92 Å².